The Morgan fingerprint density at radius 3 is 2.17 bits per heavy atom. The smallest absolute Gasteiger partial charge is 0.322 e. The molecule has 2 N–H and O–H groups in total. The first-order valence-corrected chi connectivity index (χ1v) is 11.4. The molecule has 0 aliphatic rings. The van der Waals surface area contributed by atoms with Gasteiger partial charge in [0.1, 0.15) is 0 Å². The zero-order chi connectivity index (χ0) is 26.5. The van der Waals surface area contributed by atoms with Crippen molar-refractivity contribution in [2.24, 2.45) is 0 Å². The fraction of sp³-hybridized carbons (Fsp3) is 0.179. The molecular formula is C28H26F3N3O2. The van der Waals surface area contributed by atoms with Crippen molar-refractivity contribution in [3.8, 4) is 0 Å². The molecule has 4 aromatic rings. The zero-order valence-electron chi connectivity index (χ0n) is 20.3. The first-order valence-electron chi connectivity index (χ1n) is 11.4. The Morgan fingerprint density at radius 2 is 1.44 bits per heavy atom. The van der Waals surface area contributed by atoms with Crippen molar-refractivity contribution in [3.63, 3.8) is 0 Å². The van der Waals surface area contributed by atoms with Crippen LogP contribution in [-0.2, 0) is 6.18 Å². The Balaban J connectivity index is 0.00000176. The predicted octanol–water partition coefficient (Wildman–Crippen LogP) is 7.40. The highest BCUT2D eigenvalue weighted by atomic mass is 19.4. The van der Waals surface area contributed by atoms with Crippen LogP contribution in [0.4, 0.5) is 24.5 Å². The Bertz CT molecular complexity index is 1420. The first-order chi connectivity index (χ1) is 17.1. The van der Waals surface area contributed by atoms with Crippen LogP contribution in [0.5, 0.6) is 0 Å². The molecular weight excluding hydrogens is 467 g/mol. The van der Waals surface area contributed by atoms with E-state index < -0.39 is 17.6 Å². The molecule has 186 valence electrons. The van der Waals surface area contributed by atoms with Crippen LogP contribution < -0.4 is 10.6 Å². The quantitative estimate of drug-likeness (QED) is 0.311. The fourth-order valence-corrected chi connectivity index (χ4v) is 3.49. The van der Waals surface area contributed by atoms with E-state index in [1.165, 1.54) is 18.2 Å². The maximum Gasteiger partial charge on any atom is 0.416 e. The van der Waals surface area contributed by atoms with Gasteiger partial charge in [-0.15, -0.1) is 0 Å². The summed E-state index contributed by atoms with van der Waals surface area (Å²) in [5, 5.41) is 6.14. The van der Waals surface area contributed by atoms with Gasteiger partial charge in [-0.1, -0.05) is 26.0 Å². The summed E-state index contributed by atoms with van der Waals surface area (Å²) < 4.78 is 38.8. The SMILES string of the molecule is CC.Cc1ccc(C(=O)Nc2cccc(C(F)(F)F)c2)cc1NC(=O)c1ccc2nccc(C)c2c1. The third-order valence-electron chi connectivity index (χ3n) is 5.42. The predicted molar refractivity (Wildman–Crippen MR) is 136 cm³/mol. The Labute approximate surface area is 207 Å². The highest BCUT2D eigenvalue weighted by Crippen LogP contribution is 2.31. The summed E-state index contributed by atoms with van der Waals surface area (Å²) >= 11 is 0. The number of amides is 2. The number of hydrogen-bond donors (Lipinski definition) is 2. The number of carbonyl (C=O) groups excluding carboxylic acids is 2. The second-order valence-electron chi connectivity index (χ2n) is 7.88. The number of aromatic nitrogens is 1. The number of aryl methyl sites for hydroxylation is 2. The molecule has 0 aliphatic carbocycles. The molecule has 36 heavy (non-hydrogen) atoms. The normalized spacial score (nSPS) is 10.9. The monoisotopic (exact) mass is 493 g/mol. The van der Waals surface area contributed by atoms with Gasteiger partial charge in [0.05, 0.1) is 11.1 Å². The minimum Gasteiger partial charge on any atom is -0.322 e. The van der Waals surface area contributed by atoms with E-state index in [2.05, 4.69) is 15.6 Å². The van der Waals surface area contributed by atoms with E-state index >= 15 is 0 Å². The van der Waals surface area contributed by atoms with Crippen LogP contribution in [0.15, 0.2) is 72.9 Å². The molecule has 0 spiro atoms. The molecule has 2 amide bonds. The summed E-state index contributed by atoms with van der Waals surface area (Å²) in [7, 11) is 0. The number of nitrogens with one attached hydrogen (secondary N) is 2. The Morgan fingerprint density at radius 1 is 0.778 bits per heavy atom. The van der Waals surface area contributed by atoms with Gasteiger partial charge in [0.15, 0.2) is 0 Å². The molecule has 0 saturated heterocycles. The molecule has 8 heteroatoms. The highest BCUT2D eigenvalue weighted by molar-refractivity contribution is 6.09. The molecule has 0 bridgehead atoms. The lowest BCUT2D eigenvalue weighted by Crippen LogP contribution is -2.16. The van der Waals surface area contributed by atoms with E-state index in [0.29, 0.717) is 11.3 Å². The second-order valence-corrected chi connectivity index (χ2v) is 7.88. The minimum absolute atomic E-state index is 0.0196. The molecule has 1 aromatic heterocycles. The average molecular weight is 494 g/mol. The molecule has 0 radical (unpaired) electrons. The lowest BCUT2D eigenvalue weighted by molar-refractivity contribution is -0.137. The van der Waals surface area contributed by atoms with E-state index in [9.17, 15) is 22.8 Å². The number of anilines is 2. The van der Waals surface area contributed by atoms with Gasteiger partial charge in [0.25, 0.3) is 11.8 Å². The molecule has 0 saturated carbocycles. The standard InChI is InChI=1S/C26H20F3N3O2.C2H6/c1-15-10-11-30-22-9-8-17(12-21(15)22)25(34)32-23-13-18(7-6-16(23)2)24(33)31-20-5-3-4-19(14-20)26(27,28)29;1-2/h3-14H,1-2H3,(H,31,33)(H,32,34);1-2H3. The van der Waals surface area contributed by atoms with E-state index in [1.54, 1.807) is 43.5 Å². The fourth-order valence-electron chi connectivity index (χ4n) is 3.49. The number of halogens is 3. The summed E-state index contributed by atoms with van der Waals surface area (Å²) in [6.07, 6.45) is -2.81. The summed E-state index contributed by atoms with van der Waals surface area (Å²) in [4.78, 5) is 29.8. The van der Waals surface area contributed by atoms with Gasteiger partial charge in [-0.25, -0.2) is 0 Å². The van der Waals surface area contributed by atoms with Gasteiger partial charge in [-0.2, -0.15) is 13.2 Å². The molecule has 5 nitrogen and oxygen atoms in total. The van der Waals surface area contributed by atoms with Gasteiger partial charge < -0.3 is 10.6 Å². The van der Waals surface area contributed by atoms with Crippen LogP contribution in [0.1, 0.15) is 51.3 Å². The van der Waals surface area contributed by atoms with Crippen LogP contribution in [0, 0.1) is 13.8 Å². The number of hydrogen-bond acceptors (Lipinski definition) is 3. The summed E-state index contributed by atoms with van der Waals surface area (Å²) in [5.74, 6) is -0.953. The Hall–Kier alpha value is -4.20. The van der Waals surface area contributed by atoms with E-state index in [0.717, 1.165) is 34.2 Å². The lowest BCUT2D eigenvalue weighted by atomic mass is 10.1. The van der Waals surface area contributed by atoms with Gasteiger partial charge in [0.2, 0.25) is 0 Å². The van der Waals surface area contributed by atoms with Gasteiger partial charge in [-0.3, -0.25) is 14.6 Å². The zero-order valence-corrected chi connectivity index (χ0v) is 20.3. The van der Waals surface area contributed by atoms with Crippen molar-refractivity contribution in [3.05, 3.63) is 101 Å². The molecule has 3 aromatic carbocycles. The van der Waals surface area contributed by atoms with Crippen LogP contribution in [0.3, 0.4) is 0 Å². The van der Waals surface area contributed by atoms with Crippen molar-refractivity contribution in [2.45, 2.75) is 33.9 Å². The van der Waals surface area contributed by atoms with Crippen LogP contribution in [0.25, 0.3) is 10.9 Å². The van der Waals surface area contributed by atoms with Gasteiger partial charge in [-0.05, 0) is 79.6 Å². The van der Waals surface area contributed by atoms with Crippen molar-refractivity contribution < 1.29 is 22.8 Å². The third kappa shape index (κ3) is 6.07. The van der Waals surface area contributed by atoms with Crippen molar-refractivity contribution in [2.75, 3.05) is 10.6 Å². The van der Waals surface area contributed by atoms with E-state index in [4.69, 9.17) is 0 Å². The lowest BCUT2D eigenvalue weighted by Gasteiger charge is -2.13. The molecule has 0 unspecified atom stereocenters. The highest BCUT2D eigenvalue weighted by Gasteiger charge is 2.30. The number of fused-ring (bicyclic) bond motifs is 1. The van der Waals surface area contributed by atoms with Crippen molar-refractivity contribution >= 4 is 34.1 Å². The third-order valence-corrected chi connectivity index (χ3v) is 5.42. The topological polar surface area (TPSA) is 71.1 Å². The molecule has 4 rings (SSSR count). The van der Waals surface area contributed by atoms with E-state index in [1.807, 2.05) is 26.8 Å². The molecule has 0 fully saturated rings. The summed E-state index contributed by atoms with van der Waals surface area (Å²) in [6, 6.07) is 16.1. The average Bonchev–Trinajstić information content (AvgIpc) is 2.86. The Kier molecular flexibility index (Phi) is 8.09. The number of pyridine rings is 1. The number of benzene rings is 3. The molecule has 1 heterocycles. The summed E-state index contributed by atoms with van der Waals surface area (Å²) in [6.45, 7) is 7.71. The number of nitrogens with zero attached hydrogens (tertiary/aromatic N) is 1. The van der Waals surface area contributed by atoms with Crippen LogP contribution in [0.2, 0.25) is 0 Å². The van der Waals surface area contributed by atoms with Gasteiger partial charge in [0, 0.05) is 34.1 Å². The van der Waals surface area contributed by atoms with Crippen LogP contribution in [-0.4, -0.2) is 16.8 Å². The number of carbonyl (C=O) groups is 2. The largest absolute Gasteiger partial charge is 0.416 e. The van der Waals surface area contributed by atoms with Crippen molar-refractivity contribution in [1.82, 2.24) is 4.98 Å². The number of alkyl halides is 3. The maximum atomic E-state index is 12.9. The summed E-state index contributed by atoms with van der Waals surface area (Å²) in [5.41, 5.74) is 2.70. The second kappa shape index (κ2) is 11.0. The number of rotatable bonds is 4. The van der Waals surface area contributed by atoms with Gasteiger partial charge >= 0.3 is 6.18 Å². The van der Waals surface area contributed by atoms with Crippen LogP contribution >= 0.6 is 0 Å². The first kappa shape index (κ1) is 26.4. The maximum absolute atomic E-state index is 12.9. The molecule has 0 atom stereocenters. The molecule has 0 aliphatic heterocycles. The van der Waals surface area contributed by atoms with Crippen molar-refractivity contribution in [1.29, 1.82) is 0 Å². The van der Waals surface area contributed by atoms with E-state index in [-0.39, 0.29) is 17.2 Å². The minimum atomic E-state index is -4.51.